The highest BCUT2D eigenvalue weighted by atomic mass is 14.7. The van der Waals surface area contributed by atoms with Crippen molar-refractivity contribution in [1.29, 1.82) is 0 Å². The second kappa shape index (κ2) is 5.67. The average molecular weight is 300 g/mol. The van der Waals surface area contributed by atoms with Gasteiger partial charge in [0.25, 0.3) is 0 Å². The predicted octanol–water partition coefficient (Wildman–Crippen LogP) is 5.39. The number of hydrogen-bond donors (Lipinski definition) is 1. The third-order valence-electron chi connectivity index (χ3n) is 6.55. The molecular weight excluding hydrogens is 266 g/mol. The van der Waals surface area contributed by atoms with E-state index in [4.69, 9.17) is 5.73 Å². The van der Waals surface area contributed by atoms with E-state index in [1.54, 1.807) is 11.1 Å². The average Bonchev–Trinajstić information content (AvgIpc) is 3.28. The molecule has 2 aliphatic rings. The first-order valence-corrected chi connectivity index (χ1v) is 9.19. The molecule has 0 spiro atoms. The molecule has 0 radical (unpaired) electrons. The van der Waals surface area contributed by atoms with Crippen LogP contribution in [0.25, 0.3) is 0 Å². The van der Waals surface area contributed by atoms with E-state index in [0.717, 1.165) is 11.8 Å². The standard InChI is InChI=1S/C21H33N/c1-15(22)21(13-14-21)19-8-6-5-7-18(19)16-9-11-17(12-10-16)20(2,3)4/h5-8,15-17H,9-14,22H2,1-4H3. The molecule has 2 aliphatic carbocycles. The van der Waals surface area contributed by atoms with Crippen molar-refractivity contribution in [3.63, 3.8) is 0 Å². The summed E-state index contributed by atoms with van der Waals surface area (Å²) in [6.07, 6.45) is 8.03. The van der Waals surface area contributed by atoms with Gasteiger partial charge < -0.3 is 5.73 Å². The van der Waals surface area contributed by atoms with Gasteiger partial charge in [-0.15, -0.1) is 0 Å². The maximum Gasteiger partial charge on any atom is 0.0108 e. The van der Waals surface area contributed by atoms with Crippen LogP contribution in [0.3, 0.4) is 0 Å². The third kappa shape index (κ3) is 2.85. The molecule has 1 nitrogen and oxygen atoms in total. The Bertz CT molecular complexity index is 511. The van der Waals surface area contributed by atoms with Gasteiger partial charge in [0.15, 0.2) is 0 Å². The molecule has 1 atom stereocenters. The van der Waals surface area contributed by atoms with Gasteiger partial charge in [-0.3, -0.25) is 0 Å². The minimum atomic E-state index is 0.277. The summed E-state index contributed by atoms with van der Waals surface area (Å²) in [4.78, 5) is 0. The van der Waals surface area contributed by atoms with Gasteiger partial charge in [-0.25, -0.2) is 0 Å². The Hall–Kier alpha value is -0.820. The molecule has 0 bridgehead atoms. The second-order valence-electron chi connectivity index (χ2n) is 8.95. The van der Waals surface area contributed by atoms with Gasteiger partial charge in [-0.2, -0.15) is 0 Å². The van der Waals surface area contributed by atoms with Crippen LogP contribution in [0.5, 0.6) is 0 Å². The molecule has 0 saturated heterocycles. The summed E-state index contributed by atoms with van der Waals surface area (Å²) in [6.45, 7) is 9.41. The summed E-state index contributed by atoms with van der Waals surface area (Å²) in [7, 11) is 0. The van der Waals surface area contributed by atoms with Gasteiger partial charge in [0.1, 0.15) is 0 Å². The Labute approximate surface area is 136 Å². The lowest BCUT2D eigenvalue weighted by Crippen LogP contribution is -2.33. The van der Waals surface area contributed by atoms with Crippen molar-refractivity contribution in [1.82, 2.24) is 0 Å². The Morgan fingerprint density at radius 2 is 1.64 bits per heavy atom. The number of benzene rings is 1. The van der Waals surface area contributed by atoms with Crippen LogP contribution in [0.4, 0.5) is 0 Å². The summed E-state index contributed by atoms with van der Waals surface area (Å²) < 4.78 is 0. The number of hydrogen-bond acceptors (Lipinski definition) is 1. The molecule has 1 aromatic carbocycles. The quantitative estimate of drug-likeness (QED) is 0.796. The summed E-state index contributed by atoms with van der Waals surface area (Å²) in [5.74, 6) is 1.64. The molecule has 22 heavy (non-hydrogen) atoms. The molecule has 1 aromatic rings. The highest BCUT2D eigenvalue weighted by molar-refractivity contribution is 5.42. The number of nitrogens with two attached hydrogens (primary N) is 1. The summed E-state index contributed by atoms with van der Waals surface area (Å²) >= 11 is 0. The number of rotatable bonds is 3. The fraction of sp³-hybridized carbons (Fsp3) is 0.714. The van der Waals surface area contributed by atoms with Crippen molar-refractivity contribution in [2.45, 2.75) is 83.6 Å². The predicted molar refractivity (Wildman–Crippen MR) is 95.2 cm³/mol. The van der Waals surface area contributed by atoms with Gasteiger partial charge in [0.05, 0.1) is 0 Å². The molecule has 0 amide bonds. The lowest BCUT2D eigenvalue weighted by molar-refractivity contribution is 0.168. The molecule has 2 N–H and O–H groups in total. The topological polar surface area (TPSA) is 26.0 Å². The molecule has 2 fully saturated rings. The highest BCUT2D eigenvalue weighted by Gasteiger charge is 2.49. The molecule has 3 rings (SSSR count). The van der Waals surface area contributed by atoms with E-state index in [1.807, 2.05) is 0 Å². The van der Waals surface area contributed by atoms with E-state index < -0.39 is 0 Å². The first kappa shape index (κ1) is 16.1. The molecule has 1 unspecified atom stereocenters. The molecule has 0 aromatic heterocycles. The van der Waals surface area contributed by atoms with E-state index in [9.17, 15) is 0 Å². The molecule has 2 saturated carbocycles. The zero-order valence-electron chi connectivity index (χ0n) is 14.9. The van der Waals surface area contributed by atoms with Crippen LogP contribution in [0.2, 0.25) is 0 Å². The zero-order chi connectivity index (χ0) is 16.0. The minimum absolute atomic E-state index is 0.277. The van der Waals surface area contributed by atoms with Gasteiger partial charge in [-0.1, -0.05) is 45.0 Å². The van der Waals surface area contributed by atoms with E-state index in [1.165, 1.54) is 38.5 Å². The van der Waals surface area contributed by atoms with E-state index in [0.29, 0.717) is 5.41 Å². The van der Waals surface area contributed by atoms with Gasteiger partial charge >= 0.3 is 0 Å². The van der Waals surface area contributed by atoms with Gasteiger partial charge in [-0.05, 0) is 73.8 Å². The normalized spacial score (nSPS) is 29.1. The van der Waals surface area contributed by atoms with Crippen molar-refractivity contribution < 1.29 is 0 Å². The molecular formula is C21H33N. The van der Waals surface area contributed by atoms with Gasteiger partial charge in [0.2, 0.25) is 0 Å². The zero-order valence-corrected chi connectivity index (χ0v) is 14.9. The maximum absolute atomic E-state index is 6.34. The van der Waals surface area contributed by atoms with Crippen molar-refractivity contribution in [2.24, 2.45) is 17.1 Å². The van der Waals surface area contributed by atoms with E-state index in [2.05, 4.69) is 52.0 Å². The Morgan fingerprint density at radius 1 is 1.05 bits per heavy atom. The van der Waals surface area contributed by atoms with Gasteiger partial charge in [0, 0.05) is 11.5 Å². The Morgan fingerprint density at radius 3 is 2.14 bits per heavy atom. The maximum atomic E-state index is 6.34. The lowest BCUT2D eigenvalue weighted by atomic mass is 9.67. The Balaban J connectivity index is 1.80. The van der Waals surface area contributed by atoms with E-state index in [-0.39, 0.29) is 11.5 Å². The monoisotopic (exact) mass is 299 g/mol. The fourth-order valence-corrected chi connectivity index (χ4v) is 4.68. The van der Waals surface area contributed by atoms with Crippen LogP contribution >= 0.6 is 0 Å². The van der Waals surface area contributed by atoms with Crippen LogP contribution in [0.15, 0.2) is 24.3 Å². The minimum Gasteiger partial charge on any atom is -0.327 e. The first-order valence-electron chi connectivity index (χ1n) is 9.19. The van der Waals surface area contributed by atoms with Crippen LogP contribution in [-0.2, 0) is 5.41 Å². The molecule has 1 heteroatoms. The van der Waals surface area contributed by atoms with Crippen molar-refractivity contribution in [2.75, 3.05) is 0 Å². The van der Waals surface area contributed by atoms with E-state index >= 15 is 0 Å². The van der Waals surface area contributed by atoms with Crippen LogP contribution in [0, 0.1) is 11.3 Å². The van der Waals surface area contributed by atoms with Crippen LogP contribution in [-0.4, -0.2) is 6.04 Å². The summed E-state index contributed by atoms with van der Waals surface area (Å²) in [5, 5.41) is 0. The van der Waals surface area contributed by atoms with Crippen molar-refractivity contribution >= 4 is 0 Å². The lowest BCUT2D eigenvalue weighted by Gasteiger charge is -2.38. The SMILES string of the molecule is CC(N)C1(c2ccccc2C2CCC(C(C)(C)C)CC2)CC1. The Kier molecular flexibility index (Phi) is 4.14. The van der Waals surface area contributed by atoms with Crippen LogP contribution < -0.4 is 5.73 Å². The molecule has 0 aliphatic heterocycles. The van der Waals surface area contributed by atoms with Crippen LogP contribution in [0.1, 0.15) is 83.3 Å². The largest absolute Gasteiger partial charge is 0.327 e. The summed E-state index contributed by atoms with van der Waals surface area (Å²) in [5.41, 5.74) is 10.3. The van der Waals surface area contributed by atoms with Crippen molar-refractivity contribution in [3.05, 3.63) is 35.4 Å². The second-order valence-corrected chi connectivity index (χ2v) is 8.95. The smallest absolute Gasteiger partial charge is 0.0108 e. The fourth-order valence-electron chi connectivity index (χ4n) is 4.68. The summed E-state index contributed by atoms with van der Waals surface area (Å²) in [6, 6.07) is 9.47. The van der Waals surface area contributed by atoms with Crippen molar-refractivity contribution in [3.8, 4) is 0 Å². The molecule has 0 heterocycles. The molecule has 122 valence electrons. The third-order valence-corrected chi connectivity index (χ3v) is 6.55. The first-order chi connectivity index (χ1) is 10.3. The highest BCUT2D eigenvalue weighted by Crippen LogP contribution is 2.54.